The number of aromatic hydroxyl groups is 1. The third-order valence-electron chi connectivity index (χ3n) is 8.95. The van der Waals surface area contributed by atoms with Crippen molar-refractivity contribution >= 4 is 106 Å². The molecule has 0 unspecified atom stereocenters. The molecule has 338 valence electrons. The number of aryl methyl sites for hydroxylation is 1. The van der Waals surface area contributed by atoms with Crippen molar-refractivity contribution in [1.29, 1.82) is 0 Å². The number of nitrogens with zero attached hydrogens (tertiary/aromatic N) is 8. The van der Waals surface area contributed by atoms with E-state index in [4.69, 9.17) is 9.29 Å². The average Bonchev–Trinajstić information content (AvgIpc) is 3.82. The van der Waals surface area contributed by atoms with Crippen molar-refractivity contribution < 1.29 is 61.7 Å². The van der Waals surface area contributed by atoms with Crippen LogP contribution in [0.1, 0.15) is 12.0 Å². The average molecular weight is 988 g/mol. The number of benzene rings is 5. The normalized spacial score (nSPS) is 13.0. The molecule has 29 heteroatoms. The van der Waals surface area contributed by atoms with Gasteiger partial charge in [-0.15, -0.1) is 30.7 Å². The molecular formula is C36H29N9O15S5. The maximum atomic E-state index is 13.2. The number of hydrogen-bond donors (Lipinski definition) is 6. The molecule has 0 amide bonds. The minimum absolute atomic E-state index is 0.0561. The van der Waals surface area contributed by atoms with E-state index in [1.54, 1.807) is 6.92 Å². The summed E-state index contributed by atoms with van der Waals surface area (Å²) < 4.78 is 141. The van der Waals surface area contributed by atoms with Gasteiger partial charge in [0.1, 0.15) is 27.7 Å². The number of hydrogen-bond acceptors (Lipinski definition) is 19. The summed E-state index contributed by atoms with van der Waals surface area (Å²) in [5.41, 5.74) is -1.22. The minimum Gasteiger partial charge on any atom is -0.505 e. The summed E-state index contributed by atoms with van der Waals surface area (Å²) in [6, 6.07) is 16.8. The molecule has 24 nitrogen and oxygen atoms in total. The highest BCUT2D eigenvalue weighted by atomic mass is 32.2. The molecule has 0 aliphatic carbocycles. The number of ether oxygens (including phenoxy) is 1. The Hall–Kier alpha value is -6.70. The summed E-state index contributed by atoms with van der Waals surface area (Å²) in [7, 11) is -19.5. The van der Waals surface area contributed by atoms with Gasteiger partial charge in [-0.25, -0.2) is 9.67 Å². The number of fused-ring (bicyclic) bond motifs is 2. The molecule has 0 atom stereocenters. The number of para-hydroxylation sites is 1. The van der Waals surface area contributed by atoms with Gasteiger partial charge in [0.05, 0.1) is 49.9 Å². The van der Waals surface area contributed by atoms with Gasteiger partial charge in [-0.1, -0.05) is 29.5 Å². The fourth-order valence-electron chi connectivity index (χ4n) is 5.98. The van der Waals surface area contributed by atoms with Crippen LogP contribution in [0.5, 0.6) is 11.5 Å². The Kier molecular flexibility index (Phi) is 12.6. The zero-order valence-corrected chi connectivity index (χ0v) is 36.7. The van der Waals surface area contributed by atoms with Gasteiger partial charge in [0.15, 0.2) is 11.4 Å². The second-order valence-corrected chi connectivity index (χ2v) is 20.3. The van der Waals surface area contributed by atoms with Crippen LogP contribution in [0, 0.1) is 6.92 Å². The van der Waals surface area contributed by atoms with Crippen molar-refractivity contribution in [3.63, 3.8) is 0 Å². The summed E-state index contributed by atoms with van der Waals surface area (Å²) in [6.07, 6.45) is 0.808. The Morgan fingerprint density at radius 2 is 1.31 bits per heavy atom. The van der Waals surface area contributed by atoms with Crippen LogP contribution in [0.2, 0.25) is 0 Å². The molecule has 0 saturated carbocycles. The van der Waals surface area contributed by atoms with Crippen LogP contribution in [0.4, 0.5) is 33.6 Å². The van der Waals surface area contributed by atoms with Crippen molar-refractivity contribution in [3.8, 4) is 17.2 Å². The van der Waals surface area contributed by atoms with E-state index in [1.165, 1.54) is 29.5 Å². The first-order valence-electron chi connectivity index (χ1n) is 18.0. The smallest absolute Gasteiger partial charge is 0.298 e. The molecule has 6 N–H and O–H groups in total. The number of thiazole rings is 1. The molecule has 0 saturated heterocycles. The highest BCUT2D eigenvalue weighted by molar-refractivity contribution is 7.87. The predicted molar refractivity (Wildman–Crippen MR) is 231 cm³/mol. The fraction of sp³-hybridized carbons (Fsp3) is 0.111. The van der Waals surface area contributed by atoms with Crippen molar-refractivity contribution in [2.45, 2.75) is 28.0 Å². The van der Waals surface area contributed by atoms with Gasteiger partial charge in [0.2, 0.25) is 5.13 Å². The summed E-state index contributed by atoms with van der Waals surface area (Å²) in [5.74, 6) is -1.15. The first-order valence-corrected chi connectivity index (χ1v) is 24.7. The lowest BCUT2D eigenvalue weighted by molar-refractivity contribution is 0.317. The maximum Gasteiger partial charge on any atom is 0.298 e. The molecule has 2 aromatic heterocycles. The van der Waals surface area contributed by atoms with E-state index in [0.29, 0.717) is 39.3 Å². The lowest BCUT2D eigenvalue weighted by atomic mass is 10.1. The monoisotopic (exact) mass is 987 g/mol. The van der Waals surface area contributed by atoms with Gasteiger partial charge in [-0.05, 0) is 73.5 Å². The van der Waals surface area contributed by atoms with Crippen molar-refractivity contribution in [3.05, 3.63) is 101 Å². The Bertz CT molecular complexity index is 3600. The molecule has 0 spiro atoms. The van der Waals surface area contributed by atoms with Crippen molar-refractivity contribution in [2.24, 2.45) is 30.7 Å². The van der Waals surface area contributed by atoms with Crippen molar-refractivity contribution in [1.82, 2.24) is 14.8 Å². The number of phenolic OH excluding ortho intramolecular Hbond substituents is 1. The van der Waals surface area contributed by atoms with Gasteiger partial charge in [-0.3, -0.25) is 28.1 Å². The van der Waals surface area contributed by atoms with E-state index in [9.17, 15) is 57.2 Å². The molecule has 5 aromatic carbocycles. The molecule has 7 aromatic rings. The van der Waals surface area contributed by atoms with E-state index < -0.39 is 89.3 Å². The van der Waals surface area contributed by atoms with Gasteiger partial charge < -0.3 is 9.84 Å². The third kappa shape index (κ3) is 10.6. The minimum atomic E-state index is -5.16. The quantitative estimate of drug-likeness (QED) is 0.0327. The van der Waals surface area contributed by atoms with Crippen LogP contribution in [-0.2, 0) is 40.5 Å². The van der Waals surface area contributed by atoms with Crippen LogP contribution >= 0.6 is 11.3 Å². The van der Waals surface area contributed by atoms with Crippen LogP contribution in [0.25, 0.3) is 26.7 Å². The first kappa shape index (κ1) is 46.3. The van der Waals surface area contributed by atoms with Crippen LogP contribution in [0.3, 0.4) is 0 Å². The number of rotatable bonds is 15. The molecule has 0 radical (unpaired) electrons. The van der Waals surface area contributed by atoms with Gasteiger partial charge in [0, 0.05) is 16.8 Å². The largest absolute Gasteiger partial charge is 0.505 e. The molecule has 0 bridgehead atoms. The molecule has 0 aliphatic heterocycles. The van der Waals surface area contributed by atoms with Gasteiger partial charge >= 0.3 is 0 Å². The molecule has 0 aliphatic rings. The zero-order valence-electron chi connectivity index (χ0n) is 32.6. The lowest BCUT2D eigenvalue weighted by Gasteiger charge is -2.11. The summed E-state index contributed by atoms with van der Waals surface area (Å²) in [6.45, 7) is 1.49. The standard InChI is InChI=1S/C36H29N9O15S5/c1-19-13-29(31(60-11-4-12-62(48,49)50)17-28(19)41-44-36-38-25-5-2-3-6-32(25)61-36)42-39-26-9-8-24-23(33(26)46)7-10-27(34(24)65(57,58)59)40-43-30-18-37-45(35(30)47)20-14-21(63(51,52)53)16-22(15-20)64(54,55)56/h2-3,5-10,13-18,37,46H,4,11-12H2,1H3,(H,48,49,50)(H,51,52,53)(H,54,55,56)(H,57,58,59). The SMILES string of the molecule is Cc1cc(N=Nc2ccc3c(S(=O)(=O)O)c(N=Nc4c[nH]n(-c5cc(S(=O)(=O)O)cc(S(=O)(=O)O)c5)c4=O)ccc3c2O)c(OCCCS(=O)(=O)O)cc1N=Nc1nc2ccccc2s1. The van der Waals surface area contributed by atoms with Gasteiger partial charge in [-0.2, -0.15) is 33.7 Å². The third-order valence-corrected chi connectivity index (χ3v) is 13.3. The molecule has 7 rings (SSSR count). The maximum absolute atomic E-state index is 13.2. The van der Waals surface area contributed by atoms with E-state index in [0.717, 1.165) is 34.6 Å². The number of nitrogens with one attached hydrogen (secondary N) is 1. The zero-order chi connectivity index (χ0) is 47.1. The van der Waals surface area contributed by atoms with Crippen LogP contribution in [0.15, 0.2) is 135 Å². The Labute approximate surface area is 370 Å². The van der Waals surface area contributed by atoms with E-state index in [1.807, 2.05) is 24.3 Å². The number of aromatic amines is 1. The fourth-order valence-corrected chi connectivity index (χ4v) is 9.24. The molecular weight excluding hydrogens is 959 g/mol. The van der Waals surface area contributed by atoms with Crippen molar-refractivity contribution in [2.75, 3.05) is 12.4 Å². The highest BCUT2D eigenvalue weighted by Gasteiger charge is 2.24. The summed E-state index contributed by atoms with van der Waals surface area (Å²) in [4.78, 5) is 14.8. The van der Waals surface area contributed by atoms with Crippen LogP contribution in [-0.4, -0.2) is 84.1 Å². The summed E-state index contributed by atoms with van der Waals surface area (Å²) >= 11 is 1.31. The van der Waals surface area contributed by atoms with E-state index in [-0.39, 0.29) is 40.9 Å². The van der Waals surface area contributed by atoms with E-state index >= 15 is 0 Å². The molecule has 2 heterocycles. The second-order valence-electron chi connectivity index (χ2n) is 13.5. The van der Waals surface area contributed by atoms with Gasteiger partial charge in [0.25, 0.3) is 46.0 Å². The first-order chi connectivity index (χ1) is 30.5. The predicted octanol–water partition coefficient (Wildman–Crippen LogP) is 7.59. The van der Waals surface area contributed by atoms with Crippen LogP contribution < -0.4 is 10.3 Å². The number of H-pyrrole nitrogens is 1. The number of phenols is 1. The highest BCUT2D eigenvalue weighted by Crippen LogP contribution is 2.43. The number of azo groups is 3. The van der Waals surface area contributed by atoms with E-state index in [2.05, 4.69) is 40.8 Å². The number of aromatic nitrogens is 3. The Morgan fingerprint density at radius 1 is 0.692 bits per heavy atom. The molecule has 0 fully saturated rings. The molecule has 65 heavy (non-hydrogen) atoms. The summed E-state index contributed by atoms with van der Waals surface area (Å²) in [5, 5.41) is 37.9. The Balaban J connectivity index is 1.21. The lowest BCUT2D eigenvalue weighted by Crippen LogP contribution is -2.16. The topological polar surface area (TPSA) is 372 Å². The Morgan fingerprint density at radius 3 is 1.97 bits per heavy atom. The second kappa shape index (κ2) is 17.7.